The maximum absolute atomic E-state index is 9.25. The van der Waals surface area contributed by atoms with E-state index in [0.717, 1.165) is 0 Å². The molecule has 1 rings (SSSR count). The molecule has 0 saturated heterocycles. The third-order valence-electron chi connectivity index (χ3n) is 1.99. The number of aryl methyl sites for hydroxylation is 1. The third-order valence-corrected chi connectivity index (χ3v) is 4.68. The van der Waals surface area contributed by atoms with Crippen molar-refractivity contribution >= 4 is 23.1 Å². The Morgan fingerprint density at radius 3 is 2.73 bits per heavy atom. The molecular weight excluding hydrogens is 230 g/mol. The maximum Gasteiger partial charge on any atom is 0.0861 e. The van der Waals surface area contributed by atoms with Crippen molar-refractivity contribution in [3.63, 3.8) is 0 Å². The molecule has 3 nitrogen and oxygen atoms in total. The fourth-order valence-corrected chi connectivity index (χ4v) is 3.33. The molecule has 15 heavy (non-hydrogen) atoms. The summed E-state index contributed by atoms with van der Waals surface area (Å²) >= 11 is 3.33. The van der Waals surface area contributed by atoms with Crippen molar-refractivity contribution in [2.75, 3.05) is 18.9 Å². The second kappa shape index (κ2) is 6.50. The van der Waals surface area contributed by atoms with E-state index in [1.165, 1.54) is 9.75 Å². The fraction of sp³-hybridized carbons (Fsp3) is 0.600. The lowest BCUT2D eigenvalue weighted by molar-refractivity contribution is 0.113. The lowest BCUT2D eigenvalue weighted by atomic mass is 10.3. The Kier molecular flexibility index (Phi) is 5.63. The van der Waals surface area contributed by atoms with E-state index in [1.54, 1.807) is 23.1 Å². The molecule has 1 heterocycles. The number of hydrogen-bond donors (Lipinski definition) is 3. The van der Waals surface area contributed by atoms with Crippen molar-refractivity contribution in [1.82, 2.24) is 0 Å². The Bertz CT molecular complexity index is 291. The summed E-state index contributed by atoms with van der Waals surface area (Å²) in [6.45, 7) is 2.44. The van der Waals surface area contributed by atoms with E-state index in [4.69, 9.17) is 10.8 Å². The molecule has 86 valence electrons. The number of aliphatic hydroxyl groups excluding tert-OH is 2. The number of aliphatic hydroxyl groups is 2. The molecule has 0 bridgehead atoms. The van der Waals surface area contributed by atoms with Crippen LogP contribution in [-0.2, 0) is 0 Å². The van der Waals surface area contributed by atoms with E-state index < -0.39 is 6.10 Å². The number of thiophene rings is 1. The molecule has 0 saturated carbocycles. The first-order chi connectivity index (χ1) is 7.17. The van der Waals surface area contributed by atoms with Gasteiger partial charge < -0.3 is 15.9 Å². The molecule has 0 radical (unpaired) electrons. The Morgan fingerprint density at radius 1 is 1.53 bits per heavy atom. The van der Waals surface area contributed by atoms with Crippen molar-refractivity contribution in [3.05, 3.63) is 21.9 Å². The molecule has 1 aromatic heterocycles. The molecule has 4 N–H and O–H groups in total. The van der Waals surface area contributed by atoms with Crippen LogP contribution in [0.15, 0.2) is 12.1 Å². The molecule has 2 atom stereocenters. The van der Waals surface area contributed by atoms with Gasteiger partial charge in [0.25, 0.3) is 0 Å². The zero-order chi connectivity index (χ0) is 11.3. The highest BCUT2D eigenvalue weighted by atomic mass is 32.2. The van der Waals surface area contributed by atoms with Gasteiger partial charge in [-0.1, -0.05) is 0 Å². The number of nitrogens with two attached hydrogens (primary N) is 1. The normalized spacial score (nSPS) is 15.2. The maximum atomic E-state index is 9.25. The highest BCUT2D eigenvalue weighted by Crippen LogP contribution is 2.32. The van der Waals surface area contributed by atoms with Gasteiger partial charge in [-0.2, -0.15) is 0 Å². The first kappa shape index (κ1) is 13.0. The number of hydrogen-bond acceptors (Lipinski definition) is 5. The molecule has 5 heteroatoms. The van der Waals surface area contributed by atoms with Crippen molar-refractivity contribution in [1.29, 1.82) is 0 Å². The second-order valence-corrected chi connectivity index (χ2v) is 5.90. The highest BCUT2D eigenvalue weighted by molar-refractivity contribution is 7.99. The highest BCUT2D eigenvalue weighted by Gasteiger charge is 2.14. The van der Waals surface area contributed by atoms with Crippen LogP contribution in [0.25, 0.3) is 0 Å². The molecule has 0 aliphatic rings. The van der Waals surface area contributed by atoms with Crippen LogP contribution < -0.4 is 5.73 Å². The van der Waals surface area contributed by atoms with Gasteiger partial charge >= 0.3 is 0 Å². The van der Waals surface area contributed by atoms with E-state index in [2.05, 4.69) is 19.1 Å². The van der Waals surface area contributed by atoms with Gasteiger partial charge in [0.1, 0.15) is 0 Å². The average Bonchev–Trinajstić information content (AvgIpc) is 2.65. The summed E-state index contributed by atoms with van der Waals surface area (Å²) in [6, 6.07) is 4.15. The smallest absolute Gasteiger partial charge is 0.0861 e. The summed E-state index contributed by atoms with van der Waals surface area (Å²) < 4.78 is 0. The van der Waals surface area contributed by atoms with Crippen LogP contribution >= 0.6 is 23.1 Å². The zero-order valence-corrected chi connectivity index (χ0v) is 10.4. The number of rotatable bonds is 6. The molecule has 1 aromatic rings. The minimum Gasteiger partial charge on any atom is -0.394 e. The minimum absolute atomic E-state index is 0.187. The van der Waals surface area contributed by atoms with Crippen LogP contribution in [0.1, 0.15) is 15.0 Å². The topological polar surface area (TPSA) is 66.5 Å². The van der Waals surface area contributed by atoms with Gasteiger partial charge in [-0.05, 0) is 19.1 Å². The van der Waals surface area contributed by atoms with Gasteiger partial charge in [0, 0.05) is 22.1 Å². The van der Waals surface area contributed by atoms with E-state index in [-0.39, 0.29) is 11.9 Å². The summed E-state index contributed by atoms with van der Waals surface area (Å²) in [5.41, 5.74) is 5.68. The molecular formula is C10H17NO2S2. The first-order valence-electron chi connectivity index (χ1n) is 4.84. The molecule has 0 amide bonds. The van der Waals surface area contributed by atoms with E-state index in [9.17, 15) is 5.11 Å². The monoisotopic (exact) mass is 247 g/mol. The van der Waals surface area contributed by atoms with E-state index >= 15 is 0 Å². The average molecular weight is 247 g/mol. The predicted molar refractivity (Wildman–Crippen MR) is 66.4 cm³/mol. The van der Waals surface area contributed by atoms with Crippen LogP contribution in [0.5, 0.6) is 0 Å². The minimum atomic E-state index is -0.648. The van der Waals surface area contributed by atoms with Gasteiger partial charge in [-0.3, -0.25) is 0 Å². The SMILES string of the molecule is Cc1ccc(C(CN)SCC(O)CO)s1. The van der Waals surface area contributed by atoms with Gasteiger partial charge in [-0.25, -0.2) is 0 Å². The van der Waals surface area contributed by atoms with Crippen molar-refractivity contribution in [3.8, 4) is 0 Å². The lowest BCUT2D eigenvalue weighted by Gasteiger charge is -2.14. The molecule has 2 unspecified atom stereocenters. The summed E-state index contributed by atoms with van der Waals surface area (Å²) in [7, 11) is 0. The van der Waals surface area contributed by atoms with Crippen LogP contribution in [0.2, 0.25) is 0 Å². The third kappa shape index (κ3) is 4.12. The van der Waals surface area contributed by atoms with Gasteiger partial charge in [0.05, 0.1) is 18.0 Å². The zero-order valence-electron chi connectivity index (χ0n) is 8.72. The molecule has 0 fully saturated rings. The van der Waals surface area contributed by atoms with Crippen molar-refractivity contribution in [2.45, 2.75) is 18.3 Å². The molecule has 0 aromatic carbocycles. The van der Waals surface area contributed by atoms with Crippen LogP contribution in [0.4, 0.5) is 0 Å². The van der Waals surface area contributed by atoms with E-state index in [0.29, 0.717) is 12.3 Å². The summed E-state index contributed by atoms with van der Waals surface area (Å²) in [5, 5.41) is 18.2. The van der Waals surface area contributed by atoms with Gasteiger partial charge in [-0.15, -0.1) is 23.1 Å². The largest absolute Gasteiger partial charge is 0.394 e. The van der Waals surface area contributed by atoms with Crippen molar-refractivity contribution in [2.24, 2.45) is 5.73 Å². The summed E-state index contributed by atoms with van der Waals surface area (Å²) in [4.78, 5) is 2.51. The predicted octanol–water partition coefficient (Wildman–Crippen LogP) is 1.14. The van der Waals surface area contributed by atoms with Crippen molar-refractivity contribution < 1.29 is 10.2 Å². The molecule has 0 aliphatic heterocycles. The van der Waals surface area contributed by atoms with Crippen LogP contribution in [0, 0.1) is 6.92 Å². The Morgan fingerprint density at radius 2 is 2.27 bits per heavy atom. The summed E-state index contributed by atoms with van der Waals surface area (Å²) in [5.74, 6) is 0.523. The number of thioether (sulfide) groups is 1. The standard InChI is InChI=1S/C10H17NO2S2/c1-7-2-3-9(15-7)10(4-11)14-6-8(13)5-12/h2-3,8,10,12-13H,4-6,11H2,1H3. The first-order valence-corrected chi connectivity index (χ1v) is 6.70. The van der Waals surface area contributed by atoms with Gasteiger partial charge in [0.2, 0.25) is 0 Å². The fourth-order valence-electron chi connectivity index (χ4n) is 1.17. The Balaban J connectivity index is 2.49. The quantitative estimate of drug-likeness (QED) is 0.705. The van der Waals surface area contributed by atoms with Crippen LogP contribution in [-0.4, -0.2) is 35.2 Å². The molecule has 0 aliphatic carbocycles. The Hall–Kier alpha value is -0.0700. The van der Waals surface area contributed by atoms with Crippen LogP contribution in [0.3, 0.4) is 0 Å². The van der Waals surface area contributed by atoms with E-state index in [1.807, 2.05) is 0 Å². The van der Waals surface area contributed by atoms with Gasteiger partial charge in [0.15, 0.2) is 0 Å². The Labute approximate surface area is 98.3 Å². The summed E-state index contributed by atoms with van der Waals surface area (Å²) in [6.07, 6.45) is -0.648. The molecule has 0 spiro atoms. The lowest BCUT2D eigenvalue weighted by Crippen LogP contribution is -2.17. The second-order valence-electron chi connectivity index (χ2n) is 3.34.